The van der Waals surface area contributed by atoms with E-state index in [1.54, 1.807) is 62.5 Å². The number of anilines is 13. The predicted octanol–water partition coefficient (Wildman–Crippen LogP) is 14.2. The van der Waals surface area contributed by atoms with Crippen LogP contribution in [0.5, 0.6) is 11.5 Å². The van der Waals surface area contributed by atoms with Gasteiger partial charge in [0.1, 0.15) is 39.9 Å². The summed E-state index contributed by atoms with van der Waals surface area (Å²) in [5.41, 5.74) is 6.06. The summed E-state index contributed by atoms with van der Waals surface area (Å²) >= 11 is 23.8. The van der Waals surface area contributed by atoms with Gasteiger partial charge in [0.05, 0.1) is 92.8 Å². The lowest BCUT2D eigenvalue weighted by atomic mass is 10.0. The molecule has 40 heteroatoms. The summed E-state index contributed by atoms with van der Waals surface area (Å²) in [6, 6.07) is 10.1. The lowest BCUT2D eigenvalue weighted by Gasteiger charge is -2.32. The van der Waals surface area contributed by atoms with Gasteiger partial charge in [0.15, 0.2) is 29.1 Å². The molecule has 10 aliphatic rings. The second-order valence-corrected chi connectivity index (χ2v) is 34.7. The summed E-state index contributed by atoms with van der Waals surface area (Å²) in [5, 5.41) is 31.6. The SMILES string of the molecule is C=CC1(F)CN(C2CCCC2)c2nc(Cl)ncc2N(C)C1=O.C=CC1(F)CN(C2CCCC2)c2nc(Nc3ccc(C(=O)O)cc3OC)ncc2N(C)C1=O.CC(O)C1CN(C2CCCC2)c2nc(Cl)ncc2N(C)C1=O.CC=C1CN(C2CCCC2)c2nc(Cl)ncc2N(C)C1=O.CN1C(=O)CCN(C2CCCC2)c2nc(Cl)ncc21.COc1cc(C(=O)O)ccc1N. The molecular formula is C89H110Cl4F2N22O12. The Kier molecular flexibility index (Phi) is 31.8. The number of alkyl halides is 2. The topological polar surface area (TPSA) is 398 Å². The van der Waals surface area contributed by atoms with Crippen LogP contribution in [0.25, 0.3) is 0 Å². The van der Waals surface area contributed by atoms with Crippen LogP contribution in [-0.2, 0) is 24.0 Å². The van der Waals surface area contributed by atoms with Crippen LogP contribution in [0.1, 0.15) is 169 Å². The van der Waals surface area contributed by atoms with Gasteiger partial charge in [-0.3, -0.25) is 24.0 Å². The maximum atomic E-state index is 15.6. The van der Waals surface area contributed by atoms with Gasteiger partial charge in [0.2, 0.25) is 50.2 Å². The van der Waals surface area contributed by atoms with Gasteiger partial charge in [0, 0.05) is 97.1 Å². The minimum atomic E-state index is -2.25. The number of aromatic carboxylic acids is 2. The Labute approximate surface area is 767 Å². The molecule has 4 unspecified atom stereocenters. The normalized spacial score (nSPS) is 21.4. The number of nitrogens with two attached hydrogens (primary N) is 1. The van der Waals surface area contributed by atoms with Crippen LogP contribution in [0.2, 0.25) is 21.1 Å². The summed E-state index contributed by atoms with van der Waals surface area (Å²) in [5.74, 6) is 0.249. The lowest BCUT2D eigenvalue weighted by Crippen LogP contribution is -2.49. The molecule has 5 fully saturated rings. The third-order valence-corrected chi connectivity index (χ3v) is 26.1. The van der Waals surface area contributed by atoms with E-state index >= 15 is 8.78 Å². The van der Waals surface area contributed by atoms with Crippen molar-refractivity contribution in [1.29, 1.82) is 0 Å². The minimum absolute atomic E-state index is 0.00479. The molecule has 7 aromatic rings. The summed E-state index contributed by atoms with van der Waals surface area (Å²) in [6.45, 7) is 12.1. The van der Waals surface area contributed by atoms with Crippen LogP contribution < -0.4 is 69.5 Å². The van der Waals surface area contributed by atoms with Crippen molar-refractivity contribution in [3.63, 3.8) is 0 Å². The number of halogens is 6. The minimum Gasteiger partial charge on any atom is -0.495 e. The number of hydrogen-bond acceptors (Lipinski definition) is 27. The Morgan fingerprint density at radius 1 is 0.519 bits per heavy atom. The number of methoxy groups -OCH3 is 2. The van der Waals surface area contributed by atoms with E-state index in [0.717, 1.165) is 118 Å². The molecule has 5 aliphatic heterocycles. The van der Waals surface area contributed by atoms with E-state index in [2.05, 4.69) is 83.0 Å². The summed E-state index contributed by atoms with van der Waals surface area (Å²) in [7, 11) is 11.1. The highest BCUT2D eigenvalue weighted by Crippen LogP contribution is 2.45. The second kappa shape index (κ2) is 42.4. The molecule has 5 saturated carbocycles. The highest BCUT2D eigenvalue weighted by molar-refractivity contribution is 6.29. The van der Waals surface area contributed by atoms with Gasteiger partial charge in [-0.1, -0.05) is 83.4 Å². The van der Waals surface area contributed by atoms with Gasteiger partial charge in [-0.25, -0.2) is 43.3 Å². The number of ether oxygens (including phenoxy) is 2. The number of benzene rings is 2. The summed E-state index contributed by atoms with van der Waals surface area (Å²) in [4.78, 5) is 144. The zero-order valence-electron chi connectivity index (χ0n) is 73.7. The molecule has 129 heavy (non-hydrogen) atoms. The zero-order chi connectivity index (χ0) is 93.0. The molecule has 17 rings (SSSR count). The lowest BCUT2D eigenvalue weighted by molar-refractivity contribution is -0.127. The third-order valence-electron chi connectivity index (χ3n) is 25.4. The Morgan fingerprint density at radius 2 is 0.884 bits per heavy atom. The molecule has 5 amide bonds. The molecule has 2 aromatic carbocycles. The fraction of sp³-hybridized carbons (Fsp3) is 0.494. The first-order valence-electron chi connectivity index (χ1n) is 43.2. The van der Waals surface area contributed by atoms with Gasteiger partial charge in [0.25, 0.3) is 17.7 Å². The monoisotopic (exact) mass is 1860 g/mol. The summed E-state index contributed by atoms with van der Waals surface area (Å²) < 4.78 is 40.9. The van der Waals surface area contributed by atoms with E-state index in [1.807, 2.05) is 22.8 Å². The van der Waals surface area contributed by atoms with Gasteiger partial charge >= 0.3 is 11.9 Å². The van der Waals surface area contributed by atoms with Crippen molar-refractivity contribution < 1.29 is 67.1 Å². The van der Waals surface area contributed by atoms with Crippen LogP contribution in [0.15, 0.2) is 104 Å². The zero-order valence-corrected chi connectivity index (χ0v) is 76.8. The van der Waals surface area contributed by atoms with Crippen molar-refractivity contribution in [3.8, 4) is 11.5 Å². The Bertz CT molecular complexity index is 5330. The molecule has 0 bridgehead atoms. The van der Waals surface area contributed by atoms with E-state index in [9.17, 15) is 43.8 Å². The molecule has 5 aliphatic carbocycles. The molecule has 690 valence electrons. The molecule has 4 atom stereocenters. The Morgan fingerprint density at radius 3 is 1.31 bits per heavy atom. The van der Waals surface area contributed by atoms with Crippen LogP contribution in [0.3, 0.4) is 0 Å². The first-order chi connectivity index (χ1) is 61.6. The fourth-order valence-corrected chi connectivity index (χ4v) is 18.6. The number of aromatic nitrogens is 10. The number of likely N-dealkylation sites (N-methyl/N-ethyl adjacent to an activating group) is 1. The van der Waals surface area contributed by atoms with Crippen molar-refractivity contribution >= 4 is 163 Å². The molecule has 0 saturated heterocycles. The van der Waals surface area contributed by atoms with Gasteiger partial charge in [-0.2, -0.15) is 24.9 Å². The van der Waals surface area contributed by atoms with E-state index < -0.39 is 47.1 Å². The number of nitrogen functional groups attached to an aromatic ring is 1. The van der Waals surface area contributed by atoms with Crippen molar-refractivity contribution in [2.75, 3.05) is 142 Å². The number of carbonyl (C=O) groups excluding carboxylic acids is 5. The molecular weight excluding hydrogens is 1750 g/mol. The Balaban J connectivity index is 0.000000143. The fourth-order valence-electron chi connectivity index (χ4n) is 18.1. The highest BCUT2D eigenvalue weighted by Gasteiger charge is 2.49. The number of aliphatic hydroxyl groups is 1. The van der Waals surface area contributed by atoms with Gasteiger partial charge < -0.3 is 84.8 Å². The molecule has 5 aromatic heterocycles. The van der Waals surface area contributed by atoms with E-state index in [0.29, 0.717) is 102 Å². The van der Waals surface area contributed by atoms with Crippen molar-refractivity contribution in [1.82, 2.24) is 49.8 Å². The molecule has 0 radical (unpaired) electrons. The maximum absolute atomic E-state index is 15.6. The van der Waals surface area contributed by atoms with E-state index in [4.69, 9.17) is 66.7 Å². The van der Waals surface area contributed by atoms with E-state index in [1.165, 1.54) is 137 Å². The largest absolute Gasteiger partial charge is 0.495 e. The molecule has 10 heterocycles. The first-order valence-corrected chi connectivity index (χ1v) is 44.7. The van der Waals surface area contributed by atoms with Gasteiger partial charge in [-0.05, 0) is 173 Å². The highest BCUT2D eigenvalue weighted by atomic mass is 35.5. The third kappa shape index (κ3) is 21.7. The quantitative estimate of drug-likeness (QED) is 0.0292. The maximum Gasteiger partial charge on any atom is 0.335 e. The predicted molar refractivity (Wildman–Crippen MR) is 494 cm³/mol. The van der Waals surface area contributed by atoms with Crippen LogP contribution in [0, 0.1) is 5.92 Å². The molecule has 6 N–H and O–H groups in total. The number of nitrogens with zero attached hydrogens (tertiary/aromatic N) is 20. The van der Waals surface area contributed by atoms with Crippen LogP contribution in [-0.4, -0.2) is 236 Å². The van der Waals surface area contributed by atoms with Gasteiger partial charge in [-0.15, -0.1) is 0 Å². The molecule has 34 nitrogen and oxygen atoms in total. The standard InChI is InChI=1S/C23H26FN5O4.C15H18ClFN4O.C15H21ClN4O2.C15H19ClN4O.C13H17ClN4O.C8H9NO3/c1-4-23(24)13-29(15-7-5-6-8-15)19-17(28(2)21(23)32)12-25-22(27-19)26-16-10-9-14(20(30)31)11-18(16)33-3;1-3-15(17)9-21(10-6-4-5-7-10)12-11(20(2)13(15)22)8-18-14(16)19-12;1-9(21)11-8-20(10-5-3-4-6-10)13-12(19(2)14(11)22)7-17-15(16)18-13;1-3-10-9-20(11-6-4-5-7-11)13-12(19(2)14(10)21)8-17-15(16)18-13;1-17-10-8-15-13(14)16-12(10)18(7-6-11(17)19)9-4-2-3-5-9;1-12-7-4-5(8(10)11)2-3-6(7)9/h4,9-12,15H,1,5-8,13H2,2-3H3,(H,30,31)(H,25,26,27);3,8,10H,1,4-7,9H2,2H3;7,9-11,21H,3-6,8H2,1-2H3;3,8,11H,4-7,9H2,1-2H3;8-9H,2-7H2,1H3;2-4H,9H2,1H3,(H,10,11). The van der Waals surface area contributed by atoms with Crippen molar-refractivity contribution in [3.05, 3.63) is 137 Å². The Hall–Kier alpha value is -11.5. The second-order valence-electron chi connectivity index (χ2n) is 33.3. The number of hydrogen-bond donors (Lipinski definition) is 5. The summed E-state index contributed by atoms with van der Waals surface area (Å²) in [6.07, 6.45) is 33.6. The average Bonchev–Trinajstić information content (AvgIpc) is 1.62. The number of carboxylic acids is 2. The first kappa shape index (κ1) is 96.6. The molecule has 0 spiro atoms. The number of carboxylic acid groups (broad SMARTS) is 2. The van der Waals surface area contributed by atoms with Crippen LogP contribution >= 0.6 is 46.4 Å². The smallest absolute Gasteiger partial charge is 0.335 e. The number of fused-ring (bicyclic) bond motifs is 5. The van der Waals surface area contributed by atoms with Crippen molar-refractivity contribution in [2.24, 2.45) is 5.92 Å². The number of carbonyl (C=O) groups is 7. The number of aliphatic hydroxyl groups excluding tert-OH is 1. The number of amides is 5. The number of allylic oxidation sites excluding steroid dienone is 1. The van der Waals surface area contributed by atoms with Crippen LogP contribution in [0.4, 0.5) is 83.6 Å². The number of nitrogens with one attached hydrogen (secondary N) is 1. The van der Waals surface area contributed by atoms with E-state index in [-0.39, 0.29) is 81.1 Å². The average molecular weight is 1860 g/mol. The number of rotatable bonds is 14. The van der Waals surface area contributed by atoms with Crippen molar-refractivity contribution in [2.45, 2.75) is 196 Å².